The number of aliphatic hydroxyl groups excluding tert-OH is 1. The van der Waals surface area contributed by atoms with Crippen LogP contribution >= 0.6 is 0 Å². The number of para-hydroxylation sites is 1. The van der Waals surface area contributed by atoms with E-state index in [0.717, 1.165) is 18.8 Å². The summed E-state index contributed by atoms with van der Waals surface area (Å²) in [5, 5.41) is 11.9. The quantitative estimate of drug-likeness (QED) is 0.821. The molecular weight excluding hydrogens is 308 g/mol. The Labute approximate surface area is 141 Å². The van der Waals surface area contributed by atoms with Gasteiger partial charge < -0.3 is 20.2 Å². The van der Waals surface area contributed by atoms with Gasteiger partial charge in [-0.25, -0.2) is 4.79 Å². The van der Waals surface area contributed by atoms with Crippen LogP contribution < -0.4 is 10.2 Å². The molecule has 130 valence electrons. The second-order valence-electron chi connectivity index (χ2n) is 6.24. The van der Waals surface area contributed by atoms with Gasteiger partial charge in [-0.05, 0) is 12.1 Å². The van der Waals surface area contributed by atoms with Crippen molar-refractivity contribution < 1.29 is 14.7 Å². The lowest BCUT2D eigenvalue weighted by atomic mass is 10.2. The molecule has 1 atom stereocenters. The zero-order valence-corrected chi connectivity index (χ0v) is 13.7. The third-order valence-corrected chi connectivity index (χ3v) is 4.60. The summed E-state index contributed by atoms with van der Waals surface area (Å²) in [5.74, 6) is 0.0410. The van der Waals surface area contributed by atoms with E-state index in [-0.39, 0.29) is 24.6 Å². The number of urea groups is 1. The summed E-state index contributed by atoms with van der Waals surface area (Å²) in [6.45, 7) is 4.15. The lowest BCUT2D eigenvalue weighted by Crippen LogP contribution is -2.54. The molecule has 1 unspecified atom stereocenters. The number of hydrogen-bond acceptors (Lipinski definition) is 4. The van der Waals surface area contributed by atoms with Crippen molar-refractivity contribution in [2.75, 3.05) is 50.8 Å². The Morgan fingerprint density at radius 2 is 1.88 bits per heavy atom. The van der Waals surface area contributed by atoms with Crippen molar-refractivity contribution >= 4 is 17.6 Å². The Kier molecular flexibility index (Phi) is 5.32. The number of anilines is 1. The van der Waals surface area contributed by atoms with Crippen LogP contribution in [0.4, 0.5) is 10.5 Å². The van der Waals surface area contributed by atoms with Gasteiger partial charge in [-0.1, -0.05) is 18.2 Å². The molecule has 0 aromatic heterocycles. The Bertz CT molecular complexity index is 572. The van der Waals surface area contributed by atoms with Gasteiger partial charge in [-0.3, -0.25) is 9.69 Å². The third kappa shape index (κ3) is 3.85. The molecule has 3 amide bonds. The first-order chi connectivity index (χ1) is 11.7. The minimum absolute atomic E-state index is 0.0410. The van der Waals surface area contributed by atoms with Crippen molar-refractivity contribution in [2.24, 2.45) is 0 Å². The van der Waals surface area contributed by atoms with Gasteiger partial charge in [0.15, 0.2) is 0 Å². The topological polar surface area (TPSA) is 76.1 Å². The smallest absolute Gasteiger partial charge is 0.317 e. The molecule has 2 saturated heterocycles. The fourth-order valence-electron chi connectivity index (χ4n) is 3.24. The SMILES string of the molecule is O=C(NC1CC(=O)N(c2ccccc2)C1)N1CCN(CCO)CC1. The number of nitrogens with zero attached hydrogens (tertiary/aromatic N) is 3. The van der Waals surface area contributed by atoms with Gasteiger partial charge in [0.25, 0.3) is 0 Å². The first kappa shape index (κ1) is 16.7. The number of amides is 3. The van der Waals surface area contributed by atoms with Crippen LogP contribution in [0, 0.1) is 0 Å². The van der Waals surface area contributed by atoms with Crippen LogP contribution in [0.5, 0.6) is 0 Å². The highest BCUT2D eigenvalue weighted by Crippen LogP contribution is 2.21. The van der Waals surface area contributed by atoms with E-state index in [4.69, 9.17) is 5.11 Å². The molecule has 1 aromatic rings. The van der Waals surface area contributed by atoms with Crippen LogP contribution in [0.2, 0.25) is 0 Å². The first-order valence-electron chi connectivity index (χ1n) is 8.41. The molecule has 7 heteroatoms. The Morgan fingerprint density at radius 3 is 2.54 bits per heavy atom. The van der Waals surface area contributed by atoms with E-state index in [1.807, 2.05) is 30.3 Å². The lowest BCUT2D eigenvalue weighted by molar-refractivity contribution is -0.117. The molecule has 0 saturated carbocycles. The normalized spacial score (nSPS) is 22.0. The summed E-state index contributed by atoms with van der Waals surface area (Å²) in [6, 6.07) is 9.28. The van der Waals surface area contributed by atoms with Gasteiger partial charge in [0.1, 0.15) is 0 Å². The molecule has 0 bridgehead atoms. The highest BCUT2D eigenvalue weighted by atomic mass is 16.3. The lowest BCUT2D eigenvalue weighted by Gasteiger charge is -2.34. The fourth-order valence-corrected chi connectivity index (χ4v) is 3.24. The van der Waals surface area contributed by atoms with Crippen LogP contribution in [0.1, 0.15) is 6.42 Å². The van der Waals surface area contributed by atoms with Gasteiger partial charge in [0.05, 0.1) is 12.6 Å². The van der Waals surface area contributed by atoms with Crippen molar-refractivity contribution in [1.29, 1.82) is 0 Å². The molecule has 24 heavy (non-hydrogen) atoms. The Balaban J connectivity index is 1.50. The summed E-state index contributed by atoms with van der Waals surface area (Å²) in [4.78, 5) is 30.2. The number of β-amino-alcohol motifs (C(OH)–C–C–N with tert-alkyl or cyclic N) is 1. The summed E-state index contributed by atoms with van der Waals surface area (Å²) in [7, 11) is 0. The van der Waals surface area contributed by atoms with Crippen molar-refractivity contribution in [2.45, 2.75) is 12.5 Å². The number of hydrogen-bond donors (Lipinski definition) is 2. The number of rotatable bonds is 4. The number of piperazine rings is 1. The zero-order chi connectivity index (χ0) is 16.9. The van der Waals surface area contributed by atoms with Gasteiger partial charge >= 0.3 is 6.03 Å². The highest BCUT2D eigenvalue weighted by Gasteiger charge is 2.32. The molecule has 2 fully saturated rings. The number of carbonyl (C=O) groups is 2. The molecule has 1 aromatic carbocycles. The molecule has 2 aliphatic heterocycles. The number of carbonyl (C=O) groups excluding carboxylic acids is 2. The third-order valence-electron chi connectivity index (χ3n) is 4.60. The first-order valence-corrected chi connectivity index (χ1v) is 8.41. The molecule has 7 nitrogen and oxygen atoms in total. The molecule has 2 aliphatic rings. The summed E-state index contributed by atoms with van der Waals surface area (Å²) in [5.41, 5.74) is 0.872. The predicted octanol–water partition coefficient (Wildman–Crippen LogP) is 0.111. The van der Waals surface area contributed by atoms with Crippen molar-refractivity contribution in [3.05, 3.63) is 30.3 Å². The fraction of sp³-hybridized carbons (Fsp3) is 0.529. The average molecular weight is 332 g/mol. The second-order valence-corrected chi connectivity index (χ2v) is 6.24. The molecule has 3 rings (SSSR count). The van der Waals surface area contributed by atoms with Crippen LogP contribution in [-0.4, -0.2) is 78.8 Å². The summed E-state index contributed by atoms with van der Waals surface area (Å²) in [6.07, 6.45) is 0.338. The maximum Gasteiger partial charge on any atom is 0.317 e. The van der Waals surface area contributed by atoms with E-state index in [2.05, 4.69) is 10.2 Å². The standard InChI is InChI=1S/C17H24N4O3/c22-11-10-19-6-8-20(9-7-19)17(24)18-14-12-16(23)21(13-14)15-4-2-1-3-5-15/h1-5,14,22H,6-13H2,(H,18,24). The average Bonchev–Trinajstić information content (AvgIpc) is 2.97. The molecule has 0 radical (unpaired) electrons. The zero-order valence-electron chi connectivity index (χ0n) is 13.7. The Morgan fingerprint density at radius 1 is 1.17 bits per heavy atom. The van der Waals surface area contributed by atoms with E-state index >= 15 is 0 Å². The van der Waals surface area contributed by atoms with E-state index in [9.17, 15) is 9.59 Å². The van der Waals surface area contributed by atoms with Crippen LogP contribution in [-0.2, 0) is 4.79 Å². The van der Waals surface area contributed by atoms with Crippen LogP contribution in [0.3, 0.4) is 0 Å². The maximum atomic E-state index is 12.4. The van der Waals surface area contributed by atoms with Gasteiger partial charge in [0, 0.05) is 51.4 Å². The maximum absolute atomic E-state index is 12.4. The van der Waals surface area contributed by atoms with Crippen LogP contribution in [0.25, 0.3) is 0 Å². The minimum Gasteiger partial charge on any atom is -0.395 e. The minimum atomic E-state index is -0.152. The van der Waals surface area contributed by atoms with E-state index in [1.165, 1.54) is 0 Å². The van der Waals surface area contributed by atoms with Crippen molar-refractivity contribution in [3.8, 4) is 0 Å². The monoisotopic (exact) mass is 332 g/mol. The largest absolute Gasteiger partial charge is 0.395 e. The molecule has 0 spiro atoms. The van der Waals surface area contributed by atoms with Gasteiger partial charge in [-0.15, -0.1) is 0 Å². The summed E-state index contributed by atoms with van der Waals surface area (Å²) < 4.78 is 0. The second kappa shape index (κ2) is 7.63. The number of aliphatic hydroxyl groups is 1. The van der Waals surface area contributed by atoms with Crippen LogP contribution in [0.15, 0.2) is 30.3 Å². The van der Waals surface area contributed by atoms with Crippen molar-refractivity contribution in [1.82, 2.24) is 15.1 Å². The number of benzene rings is 1. The van der Waals surface area contributed by atoms with E-state index in [1.54, 1.807) is 9.80 Å². The molecule has 2 heterocycles. The van der Waals surface area contributed by atoms with E-state index < -0.39 is 0 Å². The van der Waals surface area contributed by atoms with Gasteiger partial charge in [0.2, 0.25) is 5.91 Å². The van der Waals surface area contributed by atoms with Gasteiger partial charge in [-0.2, -0.15) is 0 Å². The van der Waals surface area contributed by atoms with E-state index in [0.29, 0.717) is 32.6 Å². The predicted molar refractivity (Wildman–Crippen MR) is 90.8 cm³/mol. The van der Waals surface area contributed by atoms with Crippen molar-refractivity contribution in [3.63, 3.8) is 0 Å². The molecule has 2 N–H and O–H groups in total. The number of nitrogens with one attached hydrogen (secondary N) is 1. The highest BCUT2D eigenvalue weighted by molar-refractivity contribution is 5.96. The Hall–Kier alpha value is -2.12. The summed E-state index contributed by atoms with van der Waals surface area (Å²) >= 11 is 0. The molecule has 0 aliphatic carbocycles. The molecular formula is C17H24N4O3.